The molecule has 0 saturated carbocycles. The first-order valence-electron chi connectivity index (χ1n) is 11.3. The average Bonchev–Trinajstić information content (AvgIpc) is 3.05. The lowest BCUT2D eigenvalue weighted by atomic mass is 9.69. The molecule has 2 aromatic rings. The lowest BCUT2D eigenvalue weighted by Gasteiger charge is -2.56. The maximum absolute atomic E-state index is 12.8. The number of aryl methyl sites for hydroxylation is 1. The predicted octanol–water partition coefficient (Wildman–Crippen LogP) is 1.48. The second-order valence-electron chi connectivity index (χ2n) is 9.71. The first kappa shape index (κ1) is 22.2. The Morgan fingerprint density at radius 3 is 2.56 bits per heavy atom. The highest BCUT2D eigenvalue weighted by molar-refractivity contribution is 7.88. The van der Waals surface area contributed by atoms with Crippen LogP contribution in [0.4, 0.5) is 0 Å². The first-order valence-corrected chi connectivity index (χ1v) is 13.2. The number of methoxy groups -OCH3 is 1. The number of aromatic nitrogens is 1. The van der Waals surface area contributed by atoms with Crippen LogP contribution in [0.15, 0.2) is 18.2 Å². The minimum Gasteiger partial charge on any atom is -0.497 e. The number of hydrogen-bond donors (Lipinski definition) is 1. The molecule has 0 radical (unpaired) electrons. The Hall–Kier alpha value is -1.65. The van der Waals surface area contributed by atoms with Crippen LogP contribution >= 0.6 is 0 Å². The van der Waals surface area contributed by atoms with Crippen molar-refractivity contribution in [2.24, 2.45) is 13.0 Å². The van der Waals surface area contributed by atoms with Crippen molar-refractivity contribution in [2.45, 2.75) is 24.3 Å². The number of nitrogens with zero attached hydrogens (tertiary/aromatic N) is 3. The summed E-state index contributed by atoms with van der Waals surface area (Å²) in [6.45, 7) is 4.50. The van der Waals surface area contributed by atoms with Crippen LogP contribution in [0.2, 0.25) is 0 Å². The van der Waals surface area contributed by atoms with E-state index < -0.39 is 16.1 Å². The highest BCUT2D eigenvalue weighted by Crippen LogP contribution is 2.50. The van der Waals surface area contributed by atoms with Crippen LogP contribution in [0.1, 0.15) is 30.1 Å². The van der Waals surface area contributed by atoms with Crippen LogP contribution in [0.3, 0.4) is 0 Å². The zero-order valence-electron chi connectivity index (χ0n) is 19.1. The Labute approximate surface area is 189 Å². The first-order chi connectivity index (χ1) is 15.3. The summed E-state index contributed by atoms with van der Waals surface area (Å²) in [6.07, 6.45) is 3.42. The molecule has 1 spiro atoms. The number of sulfonamides is 1. The van der Waals surface area contributed by atoms with Gasteiger partial charge >= 0.3 is 0 Å². The normalized spacial score (nSPS) is 24.6. The smallest absolute Gasteiger partial charge is 0.211 e. The number of hydrogen-bond acceptors (Lipinski definition) is 6. The maximum Gasteiger partial charge on any atom is 0.211 e. The average molecular weight is 464 g/mol. The lowest BCUT2D eigenvalue weighted by Crippen LogP contribution is -2.67. The van der Waals surface area contributed by atoms with Crippen LogP contribution in [-0.4, -0.2) is 86.7 Å². The molecule has 1 atom stereocenters. The summed E-state index contributed by atoms with van der Waals surface area (Å²) < 4.78 is 40.1. The molecular weight excluding hydrogens is 430 g/mol. The van der Waals surface area contributed by atoms with Crippen molar-refractivity contribution in [1.29, 1.82) is 0 Å². The standard InChI is InChI=1S/C23H33N3O5S/c1-24-19-10-17(30-2)4-5-18(19)21-22(24)20(12-27)26(32(3,28)29)15-23(21)13-25(14-23)11-16-6-8-31-9-7-16/h4-5,10,16,20,27H,6-9,11-15H2,1-3H3/t20-/m0/s1. The molecular formula is C23H33N3O5S. The monoisotopic (exact) mass is 463 g/mol. The van der Waals surface area contributed by atoms with Crippen molar-refractivity contribution in [3.05, 3.63) is 29.5 Å². The topological polar surface area (TPSA) is 84.2 Å². The molecule has 1 N–H and O–H groups in total. The number of aliphatic hydroxyl groups is 1. The number of benzene rings is 1. The minimum atomic E-state index is -3.49. The fourth-order valence-corrected chi connectivity index (χ4v) is 7.26. The minimum absolute atomic E-state index is 0.247. The van der Waals surface area contributed by atoms with Crippen LogP contribution in [0.25, 0.3) is 10.9 Å². The van der Waals surface area contributed by atoms with Gasteiger partial charge < -0.3 is 24.0 Å². The van der Waals surface area contributed by atoms with Crippen LogP contribution < -0.4 is 4.74 Å². The Morgan fingerprint density at radius 1 is 1.22 bits per heavy atom. The lowest BCUT2D eigenvalue weighted by molar-refractivity contribution is -0.00595. The fraction of sp³-hybridized carbons (Fsp3) is 0.652. The summed E-state index contributed by atoms with van der Waals surface area (Å²) in [4.78, 5) is 2.46. The van der Waals surface area contributed by atoms with E-state index in [1.807, 2.05) is 23.7 Å². The van der Waals surface area contributed by atoms with Crippen molar-refractivity contribution in [3.63, 3.8) is 0 Å². The fourth-order valence-electron chi connectivity index (χ4n) is 6.15. The van der Waals surface area contributed by atoms with Crippen molar-refractivity contribution < 1.29 is 23.0 Å². The number of ether oxygens (including phenoxy) is 2. The van der Waals surface area contributed by atoms with Gasteiger partial charge in [-0.05, 0) is 36.5 Å². The van der Waals surface area contributed by atoms with Gasteiger partial charge in [0.25, 0.3) is 0 Å². The van der Waals surface area contributed by atoms with Gasteiger partial charge in [0.05, 0.1) is 31.5 Å². The molecule has 176 valence electrons. The molecule has 3 aliphatic heterocycles. The number of aliphatic hydroxyl groups excluding tert-OH is 1. The SMILES string of the molecule is COc1ccc2c3c(n(C)c2c1)[C@H](CO)N(S(C)(=O)=O)CC31CN(CC2CCOCC2)C1. The summed E-state index contributed by atoms with van der Waals surface area (Å²) in [5.41, 5.74) is 2.83. The quantitative estimate of drug-likeness (QED) is 0.723. The Kier molecular flexibility index (Phi) is 5.53. The molecule has 2 fully saturated rings. The molecule has 2 saturated heterocycles. The van der Waals surface area contributed by atoms with E-state index in [4.69, 9.17) is 9.47 Å². The van der Waals surface area contributed by atoms with E-state index >= 15 is 0 Å². The number of likely N-dealkylation sites (tertiary alicyclic amines) is 1. The van der Waals surface area contributed by atoms with Gasteiger partial charge in [0.15, 0.2) is 0 Å². The molecule has 4 heterocycles. The van der Waals surface area contributed by atoms with Crippen LogP contribution in [0.5, 0.6) is 5.75 Å². The number of rotatable bonds is 5. The third-order valence-electron chi connectivity index (χ3n) is 7.61. The van der Waals surface area contributed by atoms with Gasteiger partial charge in [-0.25, -0.2) is 8.42 Å². The van der Waals surface area contributed by atoms with E-state index in [2.05, 4.69) is 11.0 Å². The molecule has 32 heavy (non-hydrogen) atoms. The van der Waals surface area contributed by atoms with Gasteiger partial charge in [0.2, 0.25) is 10.0 Å². The molecule has 9 heteroatoms. The van der Waals surface area contributed by atoms with E-state index in [9.17, 15) is 13.5 Å². The zero-order valence-corrected chi connectivity index (χ0v) is 19.9. The highest BCUT2D eigenvalue weighted by Gasteiger charge is 2.55. The summed E-state index contributed by atoms with van der Waals surface area (Å²) >= 11 is 0. The van der Waals surface area contributed by atoms with Crippen molar-refractivity contribution in [1.82, 2.24) is 13.8 Å². The largest absolute Gasteiger partial charge is 0.497 e. The van der Waals surface area contributed by atoms with Crippen molar-refractivity contribution in [3.8, 4) is 5.75 Å². The van der Waals surface area contributed by atoms with Gasteiger partial charge in [-0.3, -0.25) is 0 Å². The second-order valence-corrected chi connectivity index (χ2v) is 11.6. The molecule has 8 nitrogen and oxygen atoms in total. The summed E-state index contributed by atoms with van der Waals surface area (Å²) in [5, 5.41) is 11.4. The van der Waals surface area contributed by atoms with E-state index in [1.165, 1.54) is 16.1 Å². The van der Waals surface area contributed by atoms with Gasteiger partial charge in [0.1, 0.15) is 5.75 Å². The van der Waals surface area contributed by atoms with Crippen LogP contribution in [-0.2, 0) is 27.2 Å². The molecule has 3 aliphatic rings. The van der Waals surface area contributed by atoms with Gasteiger partial charge in [-0.15, -0.1) is 0 Å². The van der Waals surface area contributed by atoms with Crippen molar-refractivity contribution in [2.75, 3.05) is 59.4 Å². The molecule has 0 bridgehead atoms. The van der Waals surface area contributed by atoms with Crippen molar-refractivity contribution >= 4 is 20.9 Å². The van der Waals surface area contributed by atoms with E-state index in [1.54, 1.807) is 7.11 Å². The second kappa shape index (κ2) is 7.99. The third-order valence-corrected chi connectivity index (χ3v) is 8.85. The van der Waals surface area contributed by atoms with E-state index in [-0.39, 0.29) is 12.0 Å². The summed E-state index contributed by atoms with van der Waals surface area (Å²) in [6, 6.07) is 5.46. The maximum atomic E-state index is 12.8. The van der Waals surface area contributed by atoms with Crippen LogP contribution in [0, 0.1) is 5.92 Å². The Balaban J connectivity index is 1.58. The van der Waals surface area contributed by atoms with E-state index in [0.717, 1.165) is 68.0 Å². The zero-order chi connectivity index (χ0) is 22.7. The molecule has 0 aliphatic carbocycles. The Morgan fingerprint density at radius 2 is 1.94 bits per heavy atom. The third kappa shape index (κ3) is 3.45. The van der Waals surface area contributed by atoms with Gasteiger partial charge in [-0.1, -0.05) is 0 Å². The molecule has 1 aromatic carbocycles. The highest BCUT2D eigenvalue weighted by atomic mass is 32.2. The molecule has 0 amide bonds. The predicted molar refractivity (Wildman–Crippen MR) is 123 cm³/mol. The Bertz CT molecular complexity index is 1120. The molecule has 0 unspecified atom stereocenters. The molecule has 1 aromatic heterocycles. The molecule has 5 rings (SSSR count). The summed E-state index contributed by atoms with van der Waals surface area (Å²) in [7, 11) is 0.117. The van der Waals surface area contributed by atoms with E-state index in [0.29, 0.717) is 12.5 Å². The van der Waals surface area contributed by atoms with Gasteiger partial charge in [-0.2, -0.15) is 4.31 Å². The van der Waals surface area contributed by atoms with Gasteiger partial charge in [0, 0.05) is 69.0 Å². The summed E-state index contributed by atoms with van der Waals surface area (Å²) in [5.74, 6) is 1.40. The number of fused-ring (bicyclic) bond motifs is 4.